The lowest BCUT2D eigenvalue weighted by Crippen LogP contribution is -2.46. The molecule has 0 bridgehead atoms. The molecule has 0 aliphatic carbocycles. The van der Waals surface area contributed by atoms with Crippen LogP contribution in [0.1, 0.15) is 12.8 Å². The van der Waals surface area contributed by atoms with Gasteiger partial charge in [0.2, 0.25) is 5.91 Å². The van der Waals surface area contributed by atoms with Gasteiger partial charge in [-0.2, -0.15) is 0 Å². The summed E-state index contributed by atoms with van der Waals surface area (Å²) < 4.78 is 15.1. The highest BCUT2D eigenvalue weighted by Crippen LogP contribution is 2.31. The maximum Gasteiger partial charge on any atom is 0.343 e. The predicted molar refractivity (Wildman–Crippen MR) is 84.1 cm³/mol. The van der Waals surface area contributed by atoms with E-state index in [-0.39, 0.29) is 19.1 Å². The van der Waals surface area contributed by atoms with Crippen molar-refractivity contribution in [3.63, 3.8) is 0 Å². The van der Waals surface area contributed by atoms with Crippen molar-refractivity contribution >= 4 is 17.6 Å². The SMILES string of the molecule is COC(=O)COc1cccc(NC(=O)C2(CN)CCOCC2)c1. The molecular formula is C16H22N2O5. The molecule has 23 heavy (non-hydrogen) atoms. The van der Waals surface area contributed by atoms with Crippen LogP contribution in [0, 0.1) is 5.41 Å². The Morgan fingerprint density at radius 2 is 2.09 bits per heavy atom. The van der Waals surface area contributed by atoms with Gasteiger partial charge in [0.25, 0.3) is 0 Å². The van der Waals surface area contributed by atoms with Gasteiger partial charge in [-0.3, -0.25) is 4.79 Å². The molecule has 126 valence electrons. The number of anilines is 1. The Bertz CT molecular complexity index is 555. The van der Waals surface area contributed by atoms with Crippen LogP contribution < -0.4 is 15.8 Å². The third-order valence-corrected chi connectivity index (χ3v) is 4.00. The van der Waals surface area contributed by atoms with Crippen LogP contribution in [-0.2, 0) is 19.1 Å². The number of ether oxygens (including phenoxy) is 3. The van der Waals surface area contributed by atoms with Crippen LogP contribution in [0.3, 0.4) is 0 Å². The lowest BCUT2D eigenvalue weighted by molar-refractivity contribution is -0.142. The number of hydrogen-bond acceptors (Lipinski definition) is 6. The minimum absolute atomic E-state index is 0.117. The first-order chi connectivity index (χ1) is 11.1. The van der Waals surface area contributed by atoms with E-state index < -0.39 is 11.4 Å². The molecule has 0 atom stereocenters. The molecule has 2 rings (SSSR count). The van der Waals surface area contributed by atoms with Gasteiger partial charge >= 0.3 is 5.97 Å². The van der Waals surface area contributed by atoms with Gasteiger partial charge in [0.05, 0.1) is 12.5 Å². The molecule has 7 heteroatoms. The van der Waals surface area contributed by atoms with E-state index in [1.54, 1.807) is 24.3 Å². The van der Waals surface area contributed by atoms with Gasteiger partial charge in [-0.25, -0.2) is 4.79 Å². The topological polar surface area (TPSA) is 99.9 Å². The summed E-state index contributed by atoms with van der Waals surface area (Å²) in [5.74, 6) is -0.112. The van der Waals surface area contributed by atoms with Crippen LogP contribution >= 0.6 is 0 Å². The van der Waals surface area contributed by atoms with Crippen LogP contribution in [0.25, 0.3) is 0 Å². The molecule has 7 nitrogen and oxygen atoms in total. The van der Waals surface area contributed by atoms with E-state index in [4.69, 9.17) is 15.2 Å². The summed E-state index contributed by atoms with van der Waals surface area (Å²) in [4.78, 5) is 23.7. The zero-order valence-electron chi connectivity index (χ0n) is 13.2. The lowest BCUT2D eigenvalue weighted by atomic mass is 9.79. The standard InChI is InChI=1S/C16H22N2O5/c1-21-14(19)10-23-13-4-2-3-12(9-13)18-15(20)16(11-17)5-7-22-8-6-16/h2-4,9H,5-8,10-11,17H2,1H3,(H,18,20). The zero-order chi connectivity index (χ0) is 16.7. The number of hydrogen-bond donors (Lipinski definition) is 2. The summed E-state index contributed by atoms with van der Waals surface area (Å²) >= 11 is 0. The molecule has 0 radical (unpaired) electrons. The summed E-state index contributed by atoms with van der Waals surface area (Å²) in [6, 6.07) is 6.85. The van der Waals surface area contributed by atoms with Crippen molar-refractivity contribution in [2.24, 2.45) is 11.1 Å². The fourth-order valence-electron chi connectivity index (χ4n) is 2.41. The summed E-state index contributed by atoms with van der Waals surface area (Å²) in [5.41, 5.74) is 5.82. The third kappa shape index (κ3) is 4.43. The molecule has 1 heterocycles. The van der Waals surface area contributed by atoms with Gasteiger partial charge in [0.15, 0.2) is 6.61 Å². The smallest absolute Gasteiger partial charge is 0.343 e. The molecule has 0 unspecified atom stereocenters. The summed E-state index contributed by atoms with van der Waals surface area (Å²) in [6.45, 7) is 1.17. The van der Waals surface area contributed by atoms with Crippen molar-refractivity contribution in [2.45, 2.75) is 12.8 Å². The van der Waals surface area contributed by atoms with E-state index in [0.717, 1.165) is 0 Å². The molecular weight excluding hydrogens is 300 g/mol. The van der Waals surface area contributed by atoms with Crippen molar-refractivity contribution in [3.05, 3.63) is 24.3 Å². The van der Waals surface area contributed by atoms with Crippen molar-refractivity contribution in [1.29, 1.82) is 0 Å². The predicted octanol–water partition coefficient (Wildman–Crippen LogP) is 0.932. The monoisotopic (exact) mass is 322 g/mol. The van der Waals surface area contributed by atoms with Crippen LogP contribution in [-0.4, -0.2) is 45.4 Å². The number of methoxy groups -OCH3 is 1. The first-order valence-electron chi connectivity index (χ1n) is 7.48. The summed E-state index contributed by atoms with van der Waals surface area (Å²) in [5, 5.41) is 2.87. The van der Waals surface area contributed by atoms with E-state index in [2.05, 4.69) is 10.1 Å². The normalized spacial score (nSPS) is 16.4. The quantitative estimate of drug-likeness (QED) is 0.756. The Morgan fingerprint density at radius 3 is 2.74 bits per heavy atom. The second kappa shape index (κ2) is 7.94. The van der Waals surface area contributed by atoms with Crippen LogP contribution in [0.5, 0.6) is 5.75 Å². The lowest BCUT2D eigenvalue weighted by Gasteiger charge is -2.34. The molecule has 0 aromatic heterocycles. The van der Waals surface area contributed by atoms with E-state index in [1.807, 2.05) is 0 Å². The van der Waals surface area contributed by atoms with Crippen LogP contribution in [0.4, 0.5) is 5.69 Å². The Hall–Kier alpha value is -2.12. The number of nitrogens with two attached hydrogens (primary N) is 1. The van der Waals surface area contributed by atoms with E-state index in [0.29, 0.717) is 37.5 Å². The van der Waals surface area contributed by atoms with Crippen molar-refractivity contribution in [3.8, 4) is 5.75 Å². The molecule has 1 saturated heterocycles. The van der Waals surface area contributed by atoms with Gasteiger partial charge in [-0.15, -0.1) is 0 Å². The first kappa shape index (κ1) is 17.2. The highest BCUT2D eigenvalue weighted by Gasteiger charge is 2.38. The van der Waals surface area contributed by atoms with Crippen molar-refractivity contribution in [2.75, 3.05) is 38.8 Å². The molecule has 1 aliphatic heterocycles. The number of rotatable bonds is 6. The maximum absolute atomic E-state index is 12.6. The number of amides is 1. The zero-order valence-corrected chi connectivity index (χ0v) is 13.2. The third-order valence-electron chi connectivity index (χ3n) is 4.00. The van der Waals surface area contributed by atoms with E-state index in [9.17, 15) is 9.59 Å². The molecule has 1 amide bonds. The Balaban J connectivity index is 2.01. The van der Waals surface area contributed by atoms with E-state index in [1.165, 1.54) is 7.11 Å². The Morgan fingerprint density at radius 1 is 1.35 bits per heavy atom. The van der Waals surface area contributed by atoms with Crippen molar-refractivity contribution in [1.82, 2.24) is 0 Å². The number of carbonyl (C=O) groups is 2. The number of benzene rings is 1. The highest BCUT2D eigenvalue weighted by atomic mass is 16.6. The maximum atomic E-state index is 12.6. The molecule has 1 aromatic rings. The molecule has 1 fully saturated rings. The van der Waals surface area contributed by atoms with Crippen LogP contribution in [0.15, 0.2) is 24.3 Å². The largest absolute Gasteiger partial charge is 0.482 e. The highest BCUT2D eigenvalue weighted by molar-refractivity contribution is 5.95. The van der Waals surface area contributed by atoms with Gasteiger partial charge < -0.3 is 25.3 Å². The van der Waals surface area contributed by atoms with Gasteiger partial charge in [0.1, 0.15) is 5.75 Å². The van der Waals surface area contributed by atoms with Gasteiger partial charge in [-0.1, -0.05) is 6.07 Å². The Kier molecular flexibility index (Phi) is 5.95. The molecule has 0 spiro atoms. The molecule has 3 N–H and O–H groups in total. The van der Waals surface area contributed by atoms with Gasteiger partial charge in [-0.05, 0) is 25.0 Å². The number of carbonyl (C=O) groups excluding carboxylic acids is 2. The molecule has 1 aromatic carbocycles. The first-order valence-corrected chi connectivity index (χ1v) is 7.48. The van der Waals surface area contributed by atoms with Crippen LogP contribution in [0.2, 0.25) is 0 Å². The van der Waals surface area contributed by atoms with E-state index >= 15 is 0 Å². The average molecular weight is 322 g/mol. The Labute approximate surface area is 135 Å². The van der Waals surface area contributed by atoms with Gasteiger partial charge in [0, 0.05) is 31.5 Å². The van der Waals surface area contributed by atoms with Crippen molar-refractivity contribution < 1.29 is 23.8 Å². The summed E-state index contributed by atoms with van der Waals surface area (Å²) in [7, 11) is 1.29. The fourth-order valence-corrected chi connectivity index (χ4v) is 2.41. The number of esters is 1. The average Bonchev–Trinajstić information content (AvgIpc) is 2.60. The minimum atomic E-state index is -0.596. The second-order valence-corrected chi connectivity index (χ2v) is 5.44. The molecule has 1 aliphatic rings. The number of nitrogens with one attached hydrogen (secondary N) is 1. The molecule has 0 saturated carbocycles. The minimum Gasteiger partial charge on any atom is -0.482 e. The fraction of sp³-hybridized carbons (Fsp3) is 0.500. The summed E-state index contributed by atoms with van der Waals surface area (Å²) in [6.07, 6.45) is 1.21. The second-order valence-electron chi connectivity index (χ2n) is 5.44.